The second kappa shape index (κ2) is 5.80. The molecule has 19 heavy (non-hydrogen) atoms. The van der Waals surface area contributed by atoms with E-state index in [1.165, 1.54) is 12.1 Å². The summed E-state index contributed by atoms with van der Waals surface area (Å²) in [5.41, 5.74) is 8.12. The van der Waals surface area contributed by atoms with E-state index in [0.29, 0.717) is 22.0 Å². The van der Waals surface area contributed by atoms with Crippen molar-refractivity contribution in [3.05, 3.63) is 69.2 Å². The Hall–Kier alpha value is -1.26. The summed E-state index contributed by atoms with van der Waals surface area (Å²) in [5, 5.41) is 0. The van der Waals surface area contributed by atoms with E-state index < -0.39 is 0 Å². The van der Waals surface area contributed by atoms with Crippen LogP contribution in [-0.4, -0.2) is 0 Å². The minimum Gasteiger partial charge on any atom is -0.324 e. The van der Waals surface area contributed by atoms with E-state index in [1.807, 2.05) is 0 Å². The van der Waals surface area contributed by atoms with Crippen molar-refractivity contribution in [1.29, 1.82) is 0 Å². The molecule has 0 aliphatic heterocycles. The van der Waals surface area contributed by atoms with E-state index in [9.17, 15) is 8.78 Å². The van der Waals surface area contributed by atoms with E-state index in [0.717, 1.165) is 5.56 Å². The third-order valence-corrected chi connectivity index (χ3v) is 3.98. The Morgan fingerprint density at radius 3 is 2.58 bits per heavy atom. The van der Waals surface area contributed by atoms with Gasteiger partial charge in [0, 0.05) is 6.04 Å². The summed E-state index contributed by atoms with van der Waals surface area (Å²) in [6, 6.07) is 9.39. The van der Waals surface area contributed by atoms with Crippen molar-refractivity contribution in [2.45, 2.75) is 19.4 Å². The molecule has 0 bridgehead atoms. The lowest BCUT2D eigenvalue weighted by Gasteiger charge is -2.14. The molecule has 100 valence electrons. The van der Waals surface area contributed by atoms with Crippen molar-refractivity contribution in [2.75, 3.05) is 0 Å². The highest BCUT2D eigenvalue weighted by molar-refractivity contribution is 9.10. The molecule has 0 saturated carbocycles. The Morgan fingerprint density at radius 1 is 1.16 bits per heavy atom. The standard InChI is InChI=1S/C15H14BrF2N/c1-9-5-6-10(7-13(9)18)14(19)8-11-3-2-4-12(17)15(11)16/h2-7,14H,8,19H2,1H3. The summed E-state index contributed by atoms with van der Waals surface area (Å²) in [7, 11) is 0. The van der Waals surface area contributed by atoms with Gasteiger partial charge in [-0.1, -0.05) is 24.3 Å². The van der Waals surface area contributed by atoms with E-state index >= 15 is 0 Å². The van der Waals surface area contributed by atoms with Gasteiger partial charge in [-0.2, -0.15) is 0 Å². The van der Waals surface area contributed by atoms with Crippen LogP contribution in [0.4, 0.5) is 8.78 Å². The quantitative estimate of drug-likeness (QED) is 0.895. The maximum absolute atomic E-state index is 13.5. The summed E-state index contributed by atoms with van der Waals surface area (Å²) in [4.78, 5) is 0. The molecule has 0 aromatic heterocycles. The van der Waals surface area contributed by atoms with E-state index in [4.69, 9.17) is 5.73 Å². The van der Waals surface area contributed by atoms with Crippen molar-refractivity contribution in [1.82, 2.24) is 0 Å². The van der Waals surface area contributed by atoms with Gasteiger partial charge in [0.25, 0.3) is 0 Å². The highest BCUT2D eigenvalue weighted by atomic mass is 79.9. The van der Waals surface area contributed by atoms with Crippen LogP contribution in [0.2, 0.25) is 0 Å². The minimum atomic E-state index is -0.367. The predicted octanol–water partition coefficient (Wildman–Crippen LogP) is 4.28. The molecule has 0 heterocycles. The third-order valence-electron chi connectivity index (χ3n) is 3.10. The van der Waals surface area contributed by atoms with Gasteiger partial charge in [0.2, 0.25) is 0 Å². The molecular weight excluding hydrogens is 312 g/mol. The smallest absolute Gasteiger partial charge is 0.137 e. The van der Waals surface area contributed by atoms with E-state index in [1.54, 1.807) is 31.2 Å². The Labute approximate surface area is 119 Å². The zero-order chi connectivity index (χ0) is 14.0. The fourth-order valence-electron chi connectivity index (χ4n) is 1.90. The lowest BCUT2D eigenvalue weighted by atomic mass is 9.98. The van der Waals surface area contributed by atoms with Crippen LogP contribution in [0.3, 0.4) is 0 Å². The maximum Gasteiger partial charge on any atom is 0.137 e. The molecule has 1 unspecified atom stereocenters. The largest absolute Gasteiger partial charge is 0.324 e. The first-order chi connectivity index (χ1) is 8.99. The normalized spacial score (nSPS) is 12.5. The van der Waals surface area contributed by atoms with Crippen molar-refractivity contribution in [3.63, 3.8) is 0 Å². The van der Waals surface area contributed by atoms with Gasteiger partial charge < -0.3 is 5.73 Å². The molecule has 0 saturated heterocycles. The van der Waals surface area contributed by atoms with Gasteiger partial charge in [-0.05, 0) is 58.1 Å². The molecule has 0 amide bonds. The van der Waals surface area contributed by atoms with E-state index in [-0.39, 0.29) is 17.7 Å². The number of hydrogen-bond acceptors (Lipinski definition) is 1. The average molecular weight is 326 g/mol. The van der Waals surface area contributed by atoms with Crippen LogP contribution in [0.5, 0.6) is 0 Å². The molecule has 1 nitrogen and oxygen atoms in total. The van der Waals surface area contributed by atoms with Crippen LogP contribution in [0, 0.1) is 18.6 Å². The fourth-order valence-corrected chi connectivity index (χ4v) is 2.33. The molecule has 4 heteroatoms. The average Bonchev–Trinajstić information content (AvgIpc) is 2.38. The predicted molar refractivity (Wildman–Crippen MR) is 75.9 cm³/mol. The summed E-state index contributed by atoms with van der Waals surface area (Å²) >= 11 is 3.20. The van der Waals surface area contributed by atoms with Crippen LogP contribution in [-0.2, 0) is 6.42 Å². The lowest BCUT2D eigenvalue weighted by molar-refractivity contribution is 0.605. The minimum absolute atomic E-state index is 0.272. The zero-order valence-corrected chi connectivity index (χ0v) is 12.0. The zero-order valence-electron chi connectivity index (χ0n) is 10.5. The molecule has 0 fully saturated rings. The lowest BCUT2D eigenvalue weighted by Crippen LogP contribution is -2.14. The number of halogens is 3. The molecule has 2 aromatic carbocycles. The first-order valence-corrected chi connectivity index (χ1v) is 6.73. The van der Waals surface area contributed by atoms with Crippen molar-refractivity contribution < 1.29 is 8.78 Å². The van der Waals surface area contributed by atoms with Crippen molar-refractivity contribution in [2.24, 2.45) is 5.73 Å². The molecule has 0 aliphatic rings. The monoisotopic (exact) mass is 325 g/mol. The second-order valence-electron chi connectivity index (χ2n) is 4.53. The summed E-state index contributed by atoms with van der Waals surface area (Å²) in [6.45, 7) is 1.70. The van der Waals surface area contributed by atoms with Gasteiger partial charge in [0.05, 0.1) is 4.47 Å². The first kappa shape index (κ1) is 14.2. The van der Waals surface area contributed by atoms with Gasteiger partial charge >= 0.3 is 0 Å². The van der Waals surface area contributed by atoms with Crippen LogP contribution in [0.15, 0.2) is 40.9 Å². The molecular formula is C15H14BrF2N. The molecule has 0 spiro atoms. The van der Waals surface area contributed by atoms with Crippen molar-refractivity contribution in [3.8, 4) is 0 Å². The number of aryl methyl sites for hydroxylation is 1. The molecule has 2 aromatic rings. The van der Waals surface area contributed by atoms with Gasteiger partial charge in [0.15, 0.2) is 0 Å². The summed E-state index contributed by atoms with van der Waals surface area (Å²) in [5.74, 6) is -0.592. The molecule has 1 atom stereocenters. The van der Waals surface area contributed by atoms with E-state index in [2.05, 4.69) is 15.9 Å². The van der Waals surface area contributed by atoms with Crippen molar-refractivity contribution >= 4 is 15.9 Å². The Balaban J connectivity index is 2.23. The molecule has 2 N–H and O–H groups in total. The Bertz CT molecular complexity index is 599. The van der Waals surface area contributed by atoms with Gasteiger partial charge in [-0.25, -0.2) is 8.78 Å². The van der Waals surface area contributed by atoms with Gasteiger partial charge in [-0.15, -0.1) is 0 Å². The highest BCUT2D eigenvalue weighted by Gasteiger charge is 2.12. The number of benzene rings is 2. The molecule has 2 rings (SSSR count). The summed E-state index contributed by atoms with van der Waals surface area (Å²) < 4.78 is 27.3. The molecule has 0 aliphatic carbocycles. The maximum atomic E-state index is 13.5. The molecule has 0 radical (unpaired) electrons. The summed E-state index contributed by atoms with van der Waals surface area (Å²) in [6.07, 6.45) is 0.445. The Morgan fingerprint density at radius 2 is 1.89 bits per heavy atom. The third kappa shape index (κ3) is 3.19. The highest BCUT2D eigenvalue weighted by Crippen LogP contribution is 2.25. The van der Waals surface area contributed by atoms with Gasteiger partial charge in [-0.3, -0.25) is 0 Å². The Kier molecular flexibility index (Phi) is 4.32. The SMILES string of the molecule is Cc1ccc(C(N)Cc2cccc(F)c2Br)cc1F. The van der Waals surface area contributed by atoms with Gasteiger partial charge in [0.1, 0.15) is 11.6 Å². The van der Waals surface area contributed by atoms with Crippen LogP contribution in [0.1, 0.15) is 22.7 Å². The van der Waals surface area contributed by atoms with Crippen LogP contribution < -0.4 is 5.73 Å². The second-order valence-corrected chi connectivity index (χ2v) is 5.33. The number of nitrogens with two attached hydrogens (primary N) is 1. The number of hydrogen-bond donors (Lipinski definition) is 1. The topological polar surface area (TPSA) is 26.0 Å². The number of rotatable bonds is 3. The van der Waals surface area contributed by atoms with Crippen LogP contribution in [0.25, 0.3) is 0 Å². The fraction of sp³-hybridized carbons (Fsp3) is 0.200. The first-order valence-electron chi connectivity index (χ1n) is 5.93. The van der Waals surface area contributed by atoms with Crippen LogP contribution >= 0.6 is 15.9 Å².